The molecule has 5 heteroatoms. The van der Waals surface area contributed by atoms with Crippen LogP contribution in [0.2, 0.25) is 0 Å². The molecule has 2 aromatic rings. The topological polar surface area (TPSA) is 49.5 Å². The summed E-state index contributed by atoms with van der Waals surface area (Å²) >= 11 is 1.66. The first-order valence-corrected chi connectivity index (χ1v) is 7.99. The molecule has 2 atom stereocenters. The van der Waals surface area contributed by atoms with Gasteiger partial charge in [0, 0.05) is 23.5 Å². The predicted octanol–water partition coefficient (Wildman–Crippen LogP) is 3.14. The number of rotatable bonds is 5. The van der Waals surface area contributed by atoms with Crippen LogP contribution < -0.4 is 0 Å². The number of hydrogen-bond acceptors (Lipinski definition) is 5. The van der Waals surface area contributed by atoms with Gasteiger partial charge in [0.2, 0.25) is 0 Å². The lowest BCUT2D eigenvalue weighted by Gasteiger charge is -2.24. The maximum atomic E-state index is 9.58. The predicted molar refractivity (Wildman–Crippen MR) is 79.5 cm³/mol. The van der Waals surface area contributed by atoms with E-state index in [4.69, 9.17) is 4.42 Å². The van der Waals surface area contributed by atoms with Gasteiger partial charge in [-0.15, -0.1) is 11.3 Å². The second kappa shape index (κ2) is 6.08. The number of nitrogens with zero attached hydrogens (tertiary/aromatic N) is 2. The average molecular weight is 292 g/mol. The minimum atomic E-state index is -0.225. The Morgan fingerprint density at radius 1 is 1.60 bits per heavy atom. The summed E-state index contributed by atoms with van der Waals surface area (Å²) in [6, 6.07) is 2.43. The molecule has 0 aromatic carbocycles. The molecule has 0 amide bonds. The second-order valence-corrected chi connectivity index (χ2v) is 6.37. The van der Waals surface area contributed by atoms with Crippen molar-refractivity contribution in [1.82, 2.24) is 9.88 Å². The average Bonchev–Trinajstić information content (AvgIpc) is 3.11. The van der Waals surface area contributed by atoms with Crippen molar-refractivity contribution >= 4 is 11.3 Å². The molecular formula is C15H20N2O2S. The van der Waals surface area contributed by atoms with E-state index in [1.807, 2.05) is 13.0 Å². The molecule has 2 unspecified atom stereocenters. The maximum absolute atomic E-state index is 9.58. The highest BCUT2D eigenvalue weighted by atomic mass is 32.1. The zero-order chi connectivity index (χ0) is 13.9. The third-order valence-corrected chi connectivity index (χ3v) is 4.74. The lowest BCUT2D eigenvalue weighted by Crippen LogP contribution is -2.31. The van der Waals surface area contributed by atoms with Gasteiger partial charge in [-0.05, 0) is 38.8 Å². The van der Waals surface area contributed by atoms with Crippen LogP contribution in [-0.4, -0.2) is 33.7 Å². The van der Waals surface area contributed by atoms with Crippen LogP contribution in [0.25, 0.3) is 10.6 Å². The molecule has 1 N–H and O–H groups in total. The van der Waals surface area contributed by atoms with Crippen molar-refractivity contribution in [2.75, 3.05) is 6.54 Å². The fourth-order valence-corrected chi connectivity index (χ4v) is 3.67. The second-order valence-electron chi connectivity index (χ2n) is 5.51. The fraction of sp³-hybridized carbons (Fsp3) is 0.533. The summed E-state index contributed by atoms with van der Waals surface area (Å²) in [5.41, 5.74) is 2.16. The van der Waals surface area contributed by atoms with Crippen LogP contribution in [0.5, 0.6) is 0 Å². The Morgan fingerprint density at radius 3 is 3.25 bits per heavy atom. The first-order chi connectivity index (χ1) is 9.72. The van der Waals surface area contributed by atoms with Gasteiger partial charge in [-0.1, -0.05) is 0 Å². The molecule has 1 aliphatic heterocycles. The summed E-state index contributed by atoms with van der Waals surface area (Å²) in [7, 11) is 0. The quantitative estimate of drug-likeness (QED) is 0.920. The van der Waals surface area contributed by atoms with Gasteiger partial charge >= 0.3 is 0 Å². The van der Waals surface area contributed by atoms with Crippen LogP contribution in [0.4, 0.5) is 0 Å². The standard InChI is InChI=1S/C15H20N2O2S/c1-11(18)7-14-3-2-5-17(14)8-13-10-20-15(16-13)12-4-6-19-9-12/h4,6,9-11,14,18H,2-3,5,7-8H2,1H3. The Balaban J connectivity index is 1.65. The summed E-state index contributed by atoms with van der Waals surface area (Å²) in [5, 5.41) is 12.7. The zero-order valence-corrected chi connectivity index (χ0v) is 12.5. The smallest absolute Gasteiger partial charge is 0.126 e. The lowest BCUT2D eigenvalue weighted by molar-refractivity contribution is 0.130. The Kier molecular flexibility index (Phi) is 4.19. The van der Waals surface area contributed by atoms with E-state index in [0.717, 1.165) is 35.8 Å². The van der Waals surface area contributed by atoms with Gasteiger partial charge in [-0.3, -0.25) is 4.90 Å². The van der Waals surface area contributed by atoms with E-state index in [9.17, 15) is 5.11 Å². The van der Waals surface area contributed by atoms with Crippen LogP contribution in [-0.2, 0) is 6.54 Å². The van der Waals surface area contributed by atoms with Gasteiger partial charge in [-0.2, -0.15) is 0 Å². The van der Waals surface area contributed by atoms with Crippen LogP contribution in [0, 0.1) is 0 Å². The lowest BCUT2D eigenvalue weighted by atomic mass is 10.1. The number of thiazole rings is 1. The van der Waals surface area contributed by atoms with Crippen LogP contribution in [0.3, 0.4) is 0 Å². The molecule has 0 saturated carbocycles. The van der Waals surface area contributed by atoms with Gasteiger partial charge in [0.15, 0.2) is 0 Å². The van der Waals surface area contributed by atoms with E-state index in [-0.39, 0.29) is 6.10 Å². The van der Waals surface area contributed by atoms with Crippen molar-refractivity contribution in [3.8, 4) is 10.6 Å². The van der Waals surface area contributed by atoms with Crippen molar-refractivity contribution in [1.29, 1.82) is 0 Å². The number of aliphatic hydroxyl groups excluding tert-OH is 1. The molecule has 4 nitrogen and oxygen atoms in total. The third kappa shape index (κ3) is 3.11. The SMILES string of the molecule is CC(O)CC1CCCN1Cc1csc(-c2ccoc2)n1. The summed E-state index contributed by atoms with van der Waals surface area (Å²) in [5.74, 6) is 0. The Bertz CT molecular complexity index is 536. The molecule has 0 bridgehead atoms. The van der Waals surface area contributed by atoms with Crippen LogP contribution in [0.1, 0.15) is 31.9 Å². The first kappa shape index (κ1) is 13.8. The number of aromatic nitrogens is 1. The van der Waals surface area contributed by atoms with Crippen LogP contribution in [0.15, 0.2) is 28.4 Å². The van der Waals surface area contributed by atoms with E-state index in [1.165, 1.54) is 12.8 Å². The van der Waals surface area contributed by atoms with E-state index in [2.05, 4.69) is 15.3 Å². The summed E-state index contributed by atoms with van der Waals surface area (Å²) < 4.78 is 5.10. The number of likely N-dealkylation sites (tertiary alicyclic amines) is 1. The third-order valence-electron chi connectivity index (χ3n) is 3.80. The van der Waals surface area contributed by atoms with Crippen LogP contribution >= 0.6 is 11.3 Å². The van der Waals surface area contributed by atoms with E-state index in [0.29, 0.717) is 6.04 Å². The fourth-order valence-electron chi connectivity index (χ4n) is 2.87. The highest BCUT2D eigenvalue weighted by molar-refractivity contribution is 7.13. The monoisotopic (exact) mass is 292 g/mol. The minimum absolute atomic E-state index is 0.225. The first-order valence-electron chi connectivity index (χ1n) is 7.11. The largest absolute Gasteiger partial charge is 0.472 e. The Hall–Kier alpha value is -1.17. The molecule has 3 rings (SSSR count). The van der Waals surface area contributed by atoms with Crippen molar-refractivity contribution in [2.45, 2.75) is 44.9 Å². The Labute approximate surface area is 123 Å². The molecule has 1 aliphatic rings. The summed E-state index contributed by atoms with van der Waals surface area (Å²) in [4.78, 5) is 7.13. The zero-order valence-electron chi connectivity index (χ0n) is 11.7. The number of furan rings is 1. The molecular weight excluding hydrogens is 272 g/mol. The summed E-state index contributed by atoms with van der Waals surface area (Å²) in [6.45, 7) is 3.86. The van der Waals surface area contributed by atoms with Gasteiger partial charge < -0.3 is 9.52 Å². The van der Waals surface area contributed by atoms with E-state index < -0.39 is 0 Å². The number of hydrogen-bond donors (Lipinski definition) is 1. The molecule has 20 heavy (non-hydrogen) atoms. The normalized spacial score (nSPS) is 21.4. The van der Waals surface area contributed by atoms with E-state index >= 15 is 0 Å². The van der Waals surface area contributed by atoms with Crippen molar-refractivity contribution in [3.05, 3.63) is 29.7 Å². The summed E-state index contributed by atoms with van der Waals surface area (Å²) in [6.07, 6.45) is 6.44. The molecule has 2 aromatic heterocycles. The molecule has 108 valence electrons. The van der Waals surface area contributed by atoms with Gasteiger partial charge in [-0.25, -0.2) is 4.98 Å². The molecule has 1 saturated heterocycles. The van der Waals surface area contributed by atoms with E-state index in [1.54, 1.807) is 23.9 Å². The number of aliphatic hydroxyl groups is 1. The molecule has 0 aliphatic carbocycles. The van der Waals surface area contributed by atoms with Crippen molar-refractivity contribution in [3.63, 3.8) is 0 Å². The van der Waals surface area contributed by atoms with Gasteiger partial charge in [0.25, 0.3) is 0 Å². The Morgan fingerprint density at radius 2 is 2.50 bits per heavy atom. The van der Waals surface area contributed by atoms with Gasteiger partial charge in [0.05, 0.1) is 18.1 Å². The molecule has 0 spiro atoms. The molecule has 3 heterocycles. The highest BCUT2D eigenvalue weighted by Crippen LogP contribution is 2.27. The molecule has 0 radical (unpaired) electrons. The van der Waals surface area contributed by atoms with Gasteiger partial charge in [0.1, 0.15) is 11.3 Å². The minimum Gasteiger partial charge on any atom is -0.472 e. The van der Waals surface area contributed by atoms with Crippen molar-refractivity contribution < 1.29 is 9.52 Å². The molecule has 1 fully saturated rings. The maximum Gasteiger partial charge on any atom is 0.126 e. The highest BCUT2D eigenvalue weighted by Gasteiger charge is 2.26. The van der Waals surface area contributed by atoms with Crippen molar-refractivity contribution in [2.24, 2.45) is 0 Å².